The van der Waals surface area contributed by atoms with E-state index in [9.17, 15) is 0 Å². The number of nitrogens with one attached hydrogen (secondary N) is 2. The Labute approximate surface area is 129 Å². The monoisotopic (exact) mass is 298 g/mol. The lowest BCUT2D eigenvalue weighted by Crippen LogP contribution is -1.85. The van der Waals surface area contributed by atoms with Crippen molar-refractivity contribution in [3.63, 3.8) is 0 Å². The molecule has 0 heterocycles. The van der Waals surface area contributed by atoms with Crippen LogP contribution in [0.2, 0.25) is 0 Å². The second-order valence-corrected chi connectivity index (χ2v) is 4.01. The first kappa shape index (κ1) is 19.0. The normalized spacial score (nSPS) is 8.05. The van der Waals surface area contributed by atoms with Gasteiger partial charge in [0.25, 0.3) is 0 Å². The molecule has 22 heavy (non-hydrogen) atoms. The van der Waals surface area contributed by atoms with E-state index in [1.807, 2.05) is 42.5 Å². The van der Waals surface area contributed by atoms with Crippen LogP contribution in [0.3, 0.4) is 0 Å². The van der Waals surface area contributed by atoms with E-state index in [1.165, 1.54) is 12.0 Å². The number of benzene rings is 2. The summed E-state index contributed by atoms with van der Waals surface area (Å²) in [6.45, 7) is 2.19. The molecule has 0 saturated heterocycles. The number of para-hydroxylation sites is 1. The second-order valence-electron chi connectivity index (χ2n) is 4.01. The lowest BCUT2D eigenvalue weighted by atomic mass is 10.1. The Hall–Kier alpha value is -3.00. The van der Waals surface area contributed by atoms with Gasteiger partial charge in [0.15, 0.2) is 0 Å². The Bertz CT molecular complexity index is 571. The van der Waals surface area contributed by atoms with Crippen LogP contribution >= 0.6 is 0 Å². The molecule has 0 amide bonds. The van der Waals surface area contributed by atoms with Crippen LogP contribution in [0.15, 0.2) is 54.6 Å². The zero-order valence-electron chi connectivity index (χ0n) is 12.3. The third-order valence-corrected chi connectivity index (χ3v) is 2.44. The molecule has 5 nitrogen and oxygen atoms in total. The van der Waals surface area contributed by atoms with Crippen LogP contribution in [0.1, 0.15) is 18.9 Å². The molecule has 2 aromatic rings. The maximum Gasteiger partial charge on any atom is 0.231 e. The molecule has 0 spiro atoms. The van der Waals surface area contributed by atoms with Crippen molar-refractivity contribution in [3.8, 4) is 11.5 Å². The van der Waals surface area contributed by atoms with Gasteiger partial charge < -0.3 is 4.74 Å². The SMILES string of the molecule is CCCc1ccc(Oc2ccccc2)cc1.N=C=O.N=C=O. The number of isocyanates is 2. The Morgan fingerprint density at radius 1 is 0.864 bits per heavy atom. The number of carbonyl (C=O) groups excluding carboxylic acids is 2. The first-order chi connectivity index (χ1) is 10.7. The minimum absolute atomic E-state index is 0.750. The molecule has 0 aliphatic carbocycles. The van der Waals surface area contributed by atoms with Gasteiger partial charge in [-0.15, -0.1) is 0 Å². The van der Waals surface area contributed by atoms with Crippen molar-refractivity contribution in [3.05, 3.63) is 60.2 Å². The molecule has 2 rings (SSSR count). The summed E-state index contributed by atoms with van der Waals surface area (Å²) in [6, 6.07) is 18.2. The summed E-state index contributed by atoms with van der Waals surface area (Å²) in [5.41, 5.74) is 1.36. The predicted octanol–water partition coefficient (Wildman–Crippen LogP) is 4.23. The second kappa shape index (κ2) is 13.0. The Balaban J connectivity index is 0.000000639. The van der Waals surface area contributed by atoms with Crippen LogP contribution in [0.5, 0.6) is 11.5 Å². The lowest BCUT2D eigenvalue weighted by molar-refractivity contribution is 0.482. The number of rotatable bonds is 4. The molecule has 0 bridgehead atoms. The van der Waals surface area contributed by atoms with Crippen LogP contribution in [0, 0.1) is 10.8 Å². The summed E-state index contributed by atoms with van der Waals surface area (Å²) in [7, 11) is 0. The molecule has 0 fully saturated rings. The molecule has 114 valence electrons. The highest BCUT2D eigenvalue weighted by atomic mass is 16.5. The minimum Gasteiger partial charge on any atom is -0.457 e. The fourth-order valence-electron chi connectivity index (χ4n) is 1.64. The average Bonchev–Trinajstić information content (AvgIpc) is 2.52. The highest BCUT2D eigenvalue weighted by Gasteiger charge is 1.96. The zero-order chi connectivity index (χ0) is 16.6. The Morgan fingerprint density at radius 3 is 1.77 bits per heavy atom. The molecule has 0 unspecified atom stereocenters. The Kier molecular flexibility index (Phi) is 11.2. The first-order valence-electron chi connectivity index (χ1n) is 6.61. The summed E-state index contributed by atoms with van der Waals surface area (Å²) in [5.74, 6) is 1.77. The smallest absolute Gasteiger partial charge is 0.231 e. The van der Waals surface area contributed by atoms with Gasteiger partial charge in [-0.1, -0.05) is 43.7 Å². The molecule has 0 aliphatic rings. The summed E-state index contributed by atoms with van der Waals surface area (Å²) >= 11 is 0. The van der Waals surface area contributed by atoms with E-state index in [0.717, 1.165) is 30.1 Å². The largest absolute Gasteiger partial charge is 0.457 e. The predicted molar refractivity (Wildman–Crippen MR) is 83.8 cm³/mol. The van der Waals surface area contributed by atoms with E-state index < -0.39 is 0 Å². The maximum absolute atomic E-state index is 8.35. The summed E-state index contributed by atoms with van der Waals surface area (Å²) in [6.07, 6.45) is 3.81. The maximum atomic E-state index is 8.35. The third kappa shape index (κ3) is 8.99. The average molecular weight is 298 g/mol. The number of aryl methyl sites for hydroxylation is 1. The summed E-state index contributed by atoms with van der Waals surface area (Å²) in [4.78, 5) is 16.7. The lowest BCUT2D eigenvalue weighted by Gasteiger charge is -2.06. The van der Waals surface area contributed by atoms with Crippen LogP contribution in [-0.2, 0) is 16.0 Å². The quantitative estimate of drug-likeness (QED) is 0.653. The van der Waals surface area contributed by atoms with Crippen molar-refractivity contribution >= 4 is 12.2 Å². The van der Waals surface area contributed by atoms with E-state index in [2.05, 4.69) is 19.1 Å². The summed E-state index contributed by atoms with van der Waals surface area (Å²) in [5, 5.41) is 10.8. The van der Waals surface area contributed by atoms with Crippen molar-refractivity contribution in [1.82, 2.24) is 0 Å². The molecule has 0 atom stereocenters. The van der Waals surface area contributed by atoms with Gasteiger partial charge in [-0.25, -0.2) is 20.4 Å². The van der Waals surface area contributed by atoms with Crippen molar-refractivity contribution in [2.45, 2.75) is 19.8 Å². The molecule has 5 heteroatoms. The van der Waals surface area contributed by atoms with Gasteiger partial charge in [-0.05, 0) is 36.2 Å². The standard InChI is InChI=1S/C15H16O.2CHNO/c1-2-6-13-9-11-15(12-10-13)16-14-7-4-3-5-8-14;2*2-1-3/h3-5,7-12H,2,6H2,1H3;2*2H. The fraction of sp³-hybridized carbons (Fsp3) is 0.176. The van der Waals surface area contributed by atoms with E-state index in [1.54, 1.807) is 0 Å². The molecule has 0 radical (unpaired) electrons. The highest BCUT2D eigenvalue weighted by molar-refractivity contribution is 5.32. The first-order valence-corrected chi connectivity index (χ1v) is 6.61. The number of ether oxygens (including phenoxy) is 1. The van der Waals surface area contributed by atoms with E-state index in [0.29, 0.717) is 0 Å². The van der Waals surface area contributed by atoms with Gasteiger partial charge in [-0.3, -0.25) is 0 Å². The van der Waals surface area contributed by atoms with Crippen LogP contribution < -0.4 is 4.74 Å². The molecule has 0 aliphatic heterocycles. The summed E-state index contributed by atoms with van der Waals surface area (Å²) < 4.78 is 5.71. The van der Waals surface area contributed by atoms with E-state index in [4.69, 9.17) is 25.1 Å². The van der Waals surface area contributed by atoms with Gasteiger partial charge in [0.2, 0.25) is 12.2 Å². The van der Waals surface area contributed by atoms with Gasteiger partial charge in [0.1, 0.15) is 11.5 Å². The van der Waals surface area contributed by atoms with Crippen molar-refractivity contribution in [2.75, 3.05) is 0 Å². The van der Waals surface area contributed by atoms with Crippen LogP contribution in [0.4, 0.5) is 0 Å². The van der Waals surface area contributed by atoms with Gasteiger partial charge in [0, 0.05) is 0 Å². The van der Waals surface area contributed by atoms with Crippen molar-refractivity contribution < 1.29 is 14.3 Å². The van der Waals surface area contributed by atoms with Crippen LogP contribution in [-0.4, -0.2) is 12.2 Å². The topological polar surface area (TPSA) is 91.1 Å². The molecule has 2 N–H and O–H groups in total. The van der Waals surface area contributed by atoms with Gasteiger partial charge >= 0.3 is 0 Å². The Morgan fingerprint density at radius 2 is 1.32 bits per heavy atom. The fourth-order valence-corrected chi connectivity index (χ4v) is 1.64. The van der Waals surface area contributed by atoms with Crippen molar-refractivity contribution in [1.29, 1.82) is 10.8 Å². The minimum atomic E-state index is 0.750. The zero-order valence-corrected chi connectivity index (χ0v) is 12.3. The van der Waals surface area contributed by atoms with E-state index in [-0.39, 0.29) is 0 Å². The van der Waals surface area contributed by atoms with E-state index >= 15 is 0 Å². The number of hydrogen-bond donors (Lipinski definition) is 2. The van der Waals surface area contributed by atoms with Crippen LogP contribution in [0.25, 0.3) is 0 Å². The van der Waals surface area contributed by atoms with Gasteiger partial charge in [0.05, 0.1) is 0 Å². The molecular weight excluding hydrogens is 280 g/mol. The molecular formula is C17H18N2O3. The highest BCUT2D eigenvalue weighted by Crippen LogP contribution is 2.21. The molecule has 0 saturated carbocycles. The van der Waals surface area contributed by atoms with Crippen molar-refractivity contribution in [2.24, 2.45) is 0 Å². The molecule has 0 aromatic heterocycles. The van der Waals surface area contributed by atoms with Gasteiger partial charge in [-0.2, -0.15) is 0 Å². The number of hydrogen-bond acceptors (Lipinski definition) is 5. The molecule has 2 aromatic carbocycles. The third-order valence-electron chi connectivity index (χ3n) is 2.44.